The van der Waals surface area contributed by atoms with Crippen molar-refractivity contribution in [3.63, 3.8) is 0 Å². The van der Waals surface area contributed by atoms with Gasteiger partial charge in [-0.15, -0.1) is 0 Å². The second-order valence-corrected chi connectivity index (χ2v) is 5.15. The highest BCUT2D eigenvalue weighted by Crippen LogP contribution is 2.31. The molecule has 1 saturated carbocycles. The van der Waals surface area contributed by atoms with Gasteiger partial charge in [0.15, 0.2) is 11.6 Å². The Labute approximate surface area is 101 Å². The van der Waals surface area contributed by atoms with Crippen molar-refractivity contribution in [2.24, 2.45) is 11.8 Å². The maximum Gasteiger partial charge on any atom is 0.159 e. The van der Waals surface area contributed by atoms with Crippen molar-refractivity contribution < 1.29 is 8.78 Å². The summed E-state index contributed by atoms with van der Waals surface area (Å²) in [5, 5.41) is 3.44. The van der Waals surface area contributed by atoms with E-state index < -0.39 is 11.6 Å². The van der Waals surface area contributed by atoms with Crippen LogP contribution in [-0.2, 0) is 6.54 Å². The van der Waals surface area contributed by atoms with Crippen LogP contribution in [0.3, 0.4) is 0 Å². The maximum absolute atomic E-state index is 13.0. The molecule has 0 heterocycles. The maximum atomic E-state index is 13.0. The molecule has 94 valence electrons. The molecule has 0 saturated heterocycles. The Morgan fingerprint density at radius 2 is 1.94 bits per heavy atom. The quantitative estimate of drug-likeness (QED) is 0.851. The molecule has 0 spiro atoms. The molecule has 1 aliphatic rings. The van der Waals surface area contributed by atoms with E-state index in [1.54, 1.807) is 6.07 Å². The molecular weight excluding hydrogens is 220 g/mol. The number of halogens is 2. The van der Waals surface area contributed by atoms with Crippen molar-refractivity contribution in [3.8, 4) is 0 Å². The van der Waals surface area contributed by atoms with Gasteiger partial charge in [0.2, 0.25) is 0 Å². The Morgan fingerprint density at radius 1 is 1.18 bits per heavy atom. The van der Waals surface area contributed by atoms with E-state index in [9.17, 15) is 8.78 Å². The number of benzene rings is 1. The van der Waals surface area contributed by atoms with Crippen molar-refractivity contribution >= 4 is 0 Å². The minimum absolute atomic E-state index is 0.498. The van der Waals surface area contributed by atoms with Crippen LogP contribution in [0.4, 0.5) is 8.78 Å². The monoisotopic (exact) mass is 239 g/mol. The molecule has 1 nitrogen and oxygen atoms in total. The molecular formula is C14H19F2N. The Morgan fingerprint density at radius 3 is 2.53 bits per heavy atom. The normalized spacial score (nSPS) is 28.6. The van der Waals surface area contributed by atoms with Crippen LogP contribution in [-0.4, -0.2) is 6.04 Å². The second-order valence-electron chi connectivity index (χ2n) is 5.15. The standard InChI is InChI=1S/C14H19F2N/c1-9-3-6-14(10(9)2)17-8-11-4-5-12(15)13(16)7-11/h4-5,7,9-10,14,17H,3,6,8H2,1-2H3. The fourth-order valence-corrected chi connectivity index (χ4v) is 2.55. The molecule has 1 aliphatic carbocycles. The molecule has 1 aromatic rings. The number of hydrogen-bond acceptors (Lipinski definition) is 1. The van der Waals surface area contributed by atoms with Gasteiger partial charge >= 0.3 is 0 Å². The SMILES string of the molecule is CC1CCC(NCc2ccc(F)c(F)c2)C1C. The lowest BCUT2D eigenvalue weighted by atomic mass is 9.98. The Kier molecular flexibility index (Phi) is 3.77. The Balaban J connectivity index is 1.92. The molecule has 0 bridgehead atoms. The first-order chi connectivity index (χ1) is 8.08. The van der Waals surface area contributed by atoms with Crippen LogP contribution in [0.15, 0.2) is 18.2 Å². The molecule has 17 heavy (non-hydrogen) atoms. The lowest BCUT2D eigenvalue weighted by Crippen LogP contribution is -2.31. The Hall–Kier alpha value is -0.960. The summed E-state index contributed by atoms with van der Waals surface area (Å²) in [6.07, 6.45) is 2.42. The van der Waals surface area contributed by atoms with Crippen LogP contribution in [0.25, 0.3) is 0 Å². The third-order valence-corrected chi connectivity index (χ3v) is 4.02. The lowest BCUT2D eigenvalue weighted by molar-refractivity contribution is 0.369. The van der Waals surface area contributed by atoms with Gasteiger partial charge in [-0.05, 0) is 42.4 Å². The van der Waals surface area contributed by atoms with E-state index in [0.29, 0.717) is 18.5 Å². The first-order valence-electron chi connectivity index (χ1n) is 6.25. The molecule has 1 aromatic carbocycles. The van der Waals surface area contributed by atoms with Crippen LogP contribution in [0.5, 0.6) is 0 Å². The van der Waals surface area contributed by atoms with Gasteiger partial charge in [-0.25, -0.2) is 8.78 Å². The zero-order chi connectivity index (χ0) is 12.4. The van der Waals surface area contributed by atoms with Gasteiger partial charge in [-0.1, -0.05) is 19.9 Å². The largest absolute Gasteiger partial charge is 0.310 e. The first kappa shape index (κ1) is 12.5. The molecule has 3 heteroatoms. The van der Waals surface area contributed by atoms with Gasteiger partial charge in [-0.2, -0.15) is 0 Å². The van der Waals surface area contributed by atoms with Crippen LogP contribution in [0, 0.1) is 23.5 Å². The molecule has 3 unspecified atom stereocenters. The lowest BCUT2D eigenvalue weighted by Gasteiger charge is -2.19. The Bertz CT molecular complexity index is 392. The van der Waals surface area contributed by atoms with Crippen molar-refractivity contribution in [2.45, 2.75) is 39.3 Å². The van der Waals surface area contributed by atoms with E-state index in [0.717, 1.165) is 11.5 Å². The van der Waals surface area contributed by atoms with E-state index >= 15 is 0 Å². The minimum atomic E-state index is -0.781. The summed E-state index contributed by atoms with van der Waals surface area (Å²) in [6, 6.07) is 4.59. The van der Waals surface area contributed by atoms with E-state index in [4.69, 9.17) is 0 Å². The minimum Gasteiger partial charge on any atom is -0.310 e. The molecule has 0 amide bonds. The van der Waals surface area contributed by atoms with Crippen molar-refractivity contribution in [1.82, 2.24) is 5.32 Å². The molecule has 1 N–H and O–H groups in total. The summed E-state index contributed by atoms with van der Waals surface area (Å²) >= 11 is 0. The van der Waals surface area contributed by atoms with Gasteiger partial charge in [0.25, 0.3) is 0 Å². The van der Waals surface area contributed by atoms with Crippen molar-refractivity contribution in [1.29, 1.82) is 0 Å². The van der Waals surface area contributed by atoms with Gasteiger partial charge in [0, 0.05) is 12.6 Å². The summed E-state index contributed by atoms with van der Waals surface area (Å²) in [5.74, 6) is -0.147. The average molecular weight is 239 g/mol. The summed E-state index contributed by atoms with van der Waals surface area (Å²) in [6.45, 7) is 5.13. The van der Waals surface area contributed by atoms with E-state index in [2.05, 4.69) is 19.2 Å². The van der Waals surface area contributed by atoms with Crippen LogP contribution in [0.1, 0.15) is 32.3 Å². The molecule has 1 fully saturated rings. The van der Waals surface area contributed by atoms with Crippen molar-refractivity contribution in [3.05, 3.63) is 35.4 Å². The molecule has 0 aliphatic heterocycles. The highest BCUT2D eigenvalue weighted by atomic mass is 19.2. The second kappa shape index (κ2) is 5.13. The highest BCUT2D eigenvalue weighted by molar-refractivity contribution is 5.17. The summed E-state index contributed by atoms with van der Waals surface area (Å²) < 4.78 is 25.8. The van der Waals surface area contributed by atoms with E-state index in [-0.39, 0.29) is 0 Å². The van der Waals surface area contributed by atoms with Crippen LogP contribution >= 0.6 is 0 Å². The van der Waals surface area contributed by atoms with E-state index in [1.165, 1.54) is 25.0 Å². The van der Waals surface area contributed by atoms with Gasteiger partial charge in [0.05, 0.1) is 0 Å². The molecule has 0 radical (unpaired) electrons. The molecule has 3 atom stereocenters. The zero-order valence-electron chi connectivity index (χ0n) is 10.3. The molecule has 2 rings (SSSR count). The van der Waals surface area contributed by atoms with Crippen LogP contribution < -0.4 is 5.32 Å². The van der Waals surface area contributed by atoms with E-state index in [1.807, 2.05) is 0 Å². The number of nitrogens with one attached hydrogen (secondary N) is 1. The van der Waals surface area contributed by atoms with Crippen molar-refractivity contribution in [2.75, 3.05) is 0 Å². The highest BCUT2D eigenvalue weighted by Gasteiger charge is 2.28. The van der Waals surface area contributed by atoms with Crippen LogP contribution in [0.2, 0.25) is 0 Å². The average Bonchev–Trinajstić information content (AvgIpc) is 2.62. The number of rotatable bonds is 3. The summed E-state index contributed by atoms with van der Waals surface area (Å²) in [4.78, 5) is 0. The summed E-state index contributed by atoms with van der Waals surface area (Å²) in [7, 11) is 0. The zero-order valence-corrected chi connectivity index (χ0v) is 10.3. The van der Waals surface area contributed by atoms with Gasteiger partial charge in [0.1, 0.15) is 0 Å². The third-order valence-electron chi connectivity index (χ3n) is 4.02. The fourth-order valence-electron chi connectivity index (χ4n) is 2.55. The fraction of sp³-hybridized carbons (Fsp3) is 0.571. The van der Waals surface area contributed by atoms with Gasteiger partial charge in [-0.3, -0.25) is 0 Å². The summed E-state index contributed by atoms with van der Waals surface area (Å²) in [5.41, 5.74) is 0.802. The predicted octanol–water partition coefficient (Wildman–Crippen LogP) is 3.49. The first-order valence-corrected chi connectivity index (χ1v) is 6.25. The number of hydrogen-bond donors (Lipinski definition) is 1. The smallest absolute Gasteiger partial charge is 0.159 e. The molecule has 0 aromatic heterocycles. The predicted molar refractivity (Wildman–Crippen MR) is 64.5 cm³/mol. The van der Waals surface area contributed by atoms with Gasteiger partial charge < -0.3 is 5.32 Å². The third kappa shape index (κ3) is 2.83. The topological polar surface area (TPSA) is 12.0 Å².